The minimum atomic E-state index is -0.132. The number of ether oxygens (including phenoxy) is 1. The van der Waals surface area contributed by atoms with Crippen LogP contribution in [0, 0.1) is 0 Å². The normalized spacial score (nSPS) is 18.8. The summed E-state index contributed by atoms with van der Waals surface area (Å²) in [5, 5.41) is 7.64. The number of fused-ring (bicyclic) bond motifs is 1. The molecule has 6 nitrogen and oxygen atoms in total. The molecular formula is C27H32N4O2. The molecule has 1 aromatic heterocycles. The molecule has 2 aliphatic heterocycles. The highest BCUT2D eigenvalue weighted by molar-refractivity contribution is 6.00. The van der Waals surface area contributed by atoms with Crippen molar-refractivity contribution in [1.29, 1.82) is 0 Å². The summed E-state index contributed by atoms with van der Waals surface area (Å²) in [6.07, 6.45) is 0.935. The number of morpholine rings is 1. The Kier molecular flexibility index (Phi) is 6.29. The standard InChI is InChI=1S/C27H32N4O2/c1-19(2)20-9-11-22(12-10-20)26-23-24(21-7-4-3-5-8-21)28-29-25(23)27(32)31(26)14-6-13-30-15-17-33-18-16-30/h3-5,7-12,19,26H,6,13-18H2,1-2H3,(H,28,29). The van der Waals surface area contributed by atoms with E-state index in [9.17, 15) is 4.79 Å². The van der Waals surface area contributed by atoms with E-state index in [0.717, 1.165) is 61.7 Å². The van der Waals surface area contributed by atoms with E-state index in [4.69, 9.17) is 4.74 Å². The van der Waals surface area contributed by atoms with Crippen molar-refractivity contribution < 1.29 is 9.53 Å². The highest BCUT2D eigenvalue weighted by atomic mass is 16.5. The van der Waals surface area contributed by atoms with E-state index in [0.29, 0.717) is 18.2 Å². The molecule has 2 aliphatic rings. The lowest BCUT2D eigenvalue weighted by Gasteiger charge is -2.30. The molecule has 0 radical (unpaired) electrons. The van der Waals surface area contributed by atoms with Gasteiger partial charge in [0.1, 0.15) is 5.69 Å². The molecule has 0 bridgehead atoms. The minimum absolute atomic E-state index is 0.0413. The van der Waals surface area contributed by atoms with Crippen LogP contribution < -0.4 is 0 Å². The quantitative estimate of drug-likeness (QED) is 0.584. The van der Waals surface area contributed by atoms with E-state index in [-0.39, 0.29) is 11.9 Å². The SMILES string of the molecule is CC(C)c1ccc(C2c3c(-c4ccccc4)n[nH]c3C(=O)N2CCCN2CCOCC2)cc1. The Balaban J connectivity index is 1.46. The second-order valence-corrected chi connectivity index (χ2v) is 9.26. The van der Waals surface area contributed by atoms with Crippen LogP contribution in [0.1, 0.15) is 59.4 Å². The number of aromatic nitrogens is 2. The molecule has 2 aromatic carbocycles. The maximum Gasteiger partial charge on any atom is 0.273 e. The summed E-state index contributed by atoms with van der Waals surface area (Å²) in [4.78, 5) is 18.0. The van der Waals surface area contributed by atoms with Crippen LogP contribution in [0.3, 0.4) is 0 Å². The molecule has 0 aliphatic carbocycles. The summed E-state index contributed by atoms with van der Waals surface area (Å²) in [5.74, 6) is 0.512. The highest BCUT2D eigenvalue weighted by Gasteiger charge is 2.41. The maximum atomic E-state index is 13.5. The Labute approximate surface area is 195 Å². The first kappa shape index (κ1) is 21.9. The lowest BCUT2D eigenvalue weighted by Crippen LogP contribution is -2.38. The summed E-state index contributed by atoms with van der Waals surface area (Å²) in [6.45, 7) is 9.62. The molecule has 0 spiro atoms. The van der Waals surface area contributed by atoms with Gasteiger partial charge < -0.3 is 9.64 Å². The fourth-order valence-electron chi connectivity index (χ4n) is 4.94. The van der Waals surface area contributed by atoms with Gasteiger partial charge in [-0.3, -0.25) is 14.8 Å². The number of aromatic amines is 1. The van der Waals surface area contributed by atoms with Crippen LogP contribution in [0.5, 0.6) is 0 Å². The molecule has 1 atom stereocenters. The van der Waals surface area contributed by atoms with E-state index in [1.165, 1.54) is 5.56 Å². The van der Waals surface area contributed by atoms with Crippen LogP contribution in [0.25, 0.3) is 11.3 Å². The van der Waals surface area contributed by atoms with Crippen LogP contribution in [0.2, 0.25) is 0 Å². The summed E-state index contributed by atoms with van der Waals surface area (Å²) >= 11 is 0. The molecule has 1 N–H and O–H groups in total. The Bertz CT molecular complexity index is 1090. The molecule has 1 saturated heterocycles. The van der Waals surface area contributed by atoms with Crippen molar-refractivity contribution in [2.75, 3.05) is 39.4 Å². The second-order valence-electron chi connectivity index (χ2n) is 9.26. The number of benzene rings is 2. The van der Waals surface area contributed by atoms with Crippen molar-refractivity contribution in [3.05, 3.63) is 77.0 Å². The van der Waals surface area contributed by atoms with Gasteiger partial charge in [-0.05, 0) is 23.5 Å². The Morgan fingerprint density at radius 3 is 2.45 bits per heavy atom. The van der Waals surface area contributed by atoms with Gasteiger partial charge in [0.25, 0.3) is 5.91 Å². The Morgan fingerprint density at radius 2 is 1.76 bits per heavy atom. The fraction of sp³-hybridized carbons (Fsp3) is 0.407. The molecule has 5 rings (SSSR count). The number of amides is 1. The largest absolute Gasteiger partial charge is 0.379 e. The van der Waals surface area contributed by atoms with Gasteiger partial charge in [0.05, 0.1) is 24.9 Å². The second kappa shape index (κ2) is 9.49. The molecule has 1 unspecified atom stereocenters. The van der Waals surface area contributed by atoms with Gasteiger partial charge in [-0.1, -0.05) is 68.4 Å². The van der Waals surface area contributed by atoms with Gasteiger partial charge in [-0.25, -0.2) is 0 Å². The number of nitrogens with one attached hydrogen (secondary N) is 1. The average Bonchev–Trinajstić information content (AvgIpc) is 3.39. The minimum Gasteiger partial charge on any atom is -0.379 e. The van der Waals surface area contributed by atoms with Crippen molar-refractivity contribution in [1.82, 2.24) is 20.0 Å². The summed E-state index contributed by atoms with van der Waals surface area (Å²) < 4.78 is 5.47. The van der Waals surface area contributed by atoms with E-state index >= 15 is 0 Å². The monoisotopic (exact) mass is 444 g/mol. The van der Waals surface area contributed by atoms with Crippen LogP contribution in [0.4, 0.5) is 0 Å². The summed E-state index contributed by atoms with van der Waals surface area (Å²) in [7, 11) is 0. The van der Waals surface area contributed by atoms with Gasteiger partial charge in [-0.2, -0.15) is 5.10 Å². The zero-order valence-electron chi connectivity index (χ0n) is 19.5. The molecule has 6 heteroatoms. The molecule has 1 amide bonds. The molecule has 3 aromatic rings. The Morgan fingerprint density at radius 1 is 1.03 bits per heavy atom. The third-order valence-corrected chi connectivity index (χ3v) is 6.81. The third kappa shape index (κ3) is 4.33. The van der Waals surface area contributed by atoms with Crippen molar-refractivity contribution in [2.45, 2.75) is 32.2 Å². The first-order chi connectivity index (χ1) is 16.1. The van der Waals surface area contributed by atoms with Gasteiger partial charge >= 0.3 is 0 Å². The van der Waals surface area contributed by atoms with Crippen molar-refractivity contribution in [3.8, 4) is 11.3 Å². The molecule has 0 saturated carbocycles. The van der Waals surface area contributed by atoms with Crippen molar-refractivity contribution >= 4 is 5.91 Å². The third-order valence-electron chi connectivity index (χ3n) is 6.81. The number of hydrogen-bond donors (Lipinski definition) is 1. The van der Waals surface area contributed by atoms with Crippen LogP contribution in [0.15, 0.2) is 54.6 Å². The van der Waals surface area contributed by atoms with Gasteiger partial charge in [0, 0.05) is 37.3 Å². The maximum absolute atomic E-state index is 13.5. The predicted molar refractivity (Wildman–Crippen MR) is 129 cm³/mol. The van der Waals surface area contributed by atoms with Crippen LogP contribution >= 0.6 is 0 Å². The van der Waals surface area contributed by atoms with Gasteiger partial charge in [0.2, 0.25) is 0 Å². The number of carbonyl (C=O) groups excluding carboxylic acids is 1. The van der Waals surface area contributed by atoms with E-state index in [2.05, 4.69) is 65.3 Å². The number of carbonyl (C=O) groups is 1. The van der Waals surface area contributed by atoms with E-state index < -0.39 is 0 Å². The van der Waals surface area contributed by atoms with E-state index in [1.807, 2.05) is 23.1 Å². The molecule has 33 heavy (non-hydrogen) atoms. The topological polar surface area (TPSA) is 61.5 Å². The smallest absolute Gasteiger partial charge is 0.273 e. The number of rotatable bonds is 7. The lowest BCUT2D eigenvalue weighted by atomic mass is 9.94. The number of nitrogens with zero attached hydrogens (tertiary/aromatic N) is 3. The van der Waals surface area contributed by atoms with Gasteiger partial charge in [-0.15, -0.1) is 0 Å². The van der Waals surface area contributed by atoms with Crippen molar-refractivity contribution in [2.24, 2.45) is 0 Å². The molecule has 172 valence electrons. The zero-order chi connectivity index (χ0) is 22.8. The van der Waals surface area contributed by atoms with Crippen LogP contribution in [-0.2, 0) is 4.74 Å². The first-order valence-electron chi connectivity index (χ1n) is 12.0. The molecule has 3 heterocycles. The van der Waals surface area contributed by atoms with Crippen LogP contribution in [-0.4, -0.2) is 65.3 Å². The fourth-order valence-corrected chi connectivity index (χ4v) is 4.94. The van der Waals surface area contributed by atoms with Gasteiger partial charge in [0.15, 0.2) is 0 Å². The molecular weight excluding hydrogens is 412 g/mol. The Hall–Kier alpha value is -2.96. The first-order valence-corrected chi connectivity index (χ1v) is 12.0. The molecule has 1 fully saturated rings. The zero-order valence-corrected chi connectivity index (χ0v) is 19.5. The summed E-state index contributed by atoms with van der Waals surface area (Å²) in [5.41, 5.74) is 5.96. The predicted octanol–water partition coefficient (Wildman–Crippen LogP) is 4.47. The van der Waals surface area contributed by atoms with Crippen molar-refractivity contribution in [3.63, 3.8) is 0 Å². The lowest BCUT2D eigenvalue weighted by molar-refractivity contribution is 0.0354. The summed E-state index contributed by atoms with van der Waals surface area (Å²) in [6, 6.07) is 18.8. The average molecular weight is 445 g/mol. The van der Waals surface area contributed by atoms with E-state index in [1.54, 1.807) is 0 Å². The number of hydrogen-bond acceptors (Lipinski definition) is 4. The highest BCUT2D eigenvalue weighted by Crippen LogP contribution is 2.43. The number of H-pyrrole nitrogens is 1.